The predicted octanol–water partition coefficient (Wildman–Crippen LogP) is 3.05. The summed E-state index contributed by atoms with van der Waals surface area (Å²) in [6, 6.07) is 4.47. The van der Waals surface area contributed by atoms with Crippen LogP contribution in [0.15, 0.2) is 18.2 Å². The molecular formula is C12H16Cl2N2O3. The highest BCUT2D eigenvalue weighted by atomic mass is 35.5. The lowest BCUT2D eigenvalue weighted by Gasteiger charge is -2.22. The molecule has 0 spiro atoms. The number of benzene rings is 1. The van der Waals surface area contributed by atoms with Crippen molar-refractivity contribution in [2.24, 2.45) is 5.92 Å². The lowest BCUT2D eigenvalue weighted by molar-refractivity contribution is -0.385. The number of nitrogens with one attached hydrogen (secondary N) is 1. The molecule has 2 rings (SSSR count). The van der Waals surface area contributed by atoms with Crippen molar-refractivity contribution in [2.45, 2.75) is 12.8 Å². The van der Waals surface area contributed by atoms with Gasteiger partial charge < -0.3 is 10.1 Å². The molecule has 0 aromatic heterocycles. The fraction of sp³-hybridized carbons (Fsp3) is 0.500. The molecule has 1 N–H and O–H groups in total. The Balaban J connectivity index is 0.00000180. The molecule has 0 aliphatic carbocycles. The lowest BCUT2D eigenvalue weighted by atomic mass is 10.0. The summed E-state index contributed by atoms with van der Waals surface area (Å²) >= 11 is 5.74. The van der Waals surface area contributed by atoms with Gasteiger partial charge in [-0.25, -0.2) is 0 Å². The second-order valence-electron chi connectivity index (χ2n) is 4.39. The van der Waals surface area contributed by atoms with Crippen molar-refractivity contribution >= 4 is 29.7 Å². The largest absolute Gasteiger partial charge is 0.486 e. The maximum absolute atomic E-state index is 10.9. The van der Waals surface area contributed by atoms with Crippen LogP contribution in [0.3, 0.4) is 0 Å². The minimum atomic E-state index is -0.472. The Labute approximate surface area is 122 Å². The number of hydrogen-bond acceptors (Lipinski definition) is 4. The Morgan fingerprint density at radius 3 is 2.95 bits per heavy atom. The van der Waals surface area contributed by atoms with E-state index in [2.05, 4.69) is 5.32 Å². The van der Waals surface area contributed by atoms with Gasteiger partial charge in [-0.05, 0) is 31.5 Å². The van der Waals surface area contributed by atoms with Gasteiger partial charge in [0.1, 0.15) is 0 Å². The molecule has 5 nitrogen and oxygen atoms in total. The molecule has 106 valence electrons. The van der Waals surface area contributed by atoms with Gasteiger partial charge in [0.05, 0.1) is 11.5 Å². The first-order chi connectivity index (χ1) is 8.66. The Hall–Kier alpha value is -1.04. The third-order valence-electron chi connectivity index (χ3n) is 2.99. The van der Waals surface area contributed by atoms with Crippen molar-refractivity contribution < 1.29 is 9.66 Å². The molecular weight excluding hydrogens is 291 g/mol. The summed E-state index contributed by atoms with van der Waals surface area (Å²) < 4.78 is 5.55. The minimum Gasteiger partial charge on any atom is -0.486 e. The predicted molar refractivity (Wildman–Crippen MR) is 76.4 cm³/mol. The van der Waals surface area contributed by atoms with E-state index in [9.17, 15) is 10.1 Å². The fourth-order valence-electron chi connectivity index (χ4n) is 2.03. The average molecular weight is 307 g/mol. The standard InChI is InChI=1S/C12H15ClN2O3.ClH/c13-10-3-4-12(11(6-10)15(16)17)18-8-9-2-1-5-14-7-9;/h3-4,6,9,14H,1-2,5,7-8H2;1H. The molecule has 1 aliphatic rings. The van der Waals surface area contributed by atoms with Crippen LogP contribution in [0, 0.1) is 16.0 Å². The van der Waals surface area contributed by atoms with Gasteiger partial charge in [0.25, 0.3) is 0 Å². The Morgan fingerprint density at radius 2 is 2.32 bits per heavy atom. The second-order valence-corrected chi connectivity index (χ2v) is 4.83. The van der Waals surface area contributed by atoms with E-state index in [0.29, 0.717) is 17.5 Å². The highest BCUT2D eigenvalue weighted by molar-refractivity contribution is 6.30. The first kappa shape index (κ1) is 16.0. The fourth-order valence-corrected chi connectivity index (χ4v) is 2.20. The van der Waals surface area contributed by atoms with Crippen LogP contribution in [-0.4, -0.2) is 24.6 Å². The number of ether oxygens (including phenoxy) is 1. The summed E-state index contributed by atoms with van der Waals surface area (Å²) in [5.41, 5.74) is -0.0775. The van der Waals surface area contributed by atoms with E-state index >= 15 is 0 Å². The van der Waals surface area contributed by atoms with Gasteiger partial charge in [-0.1, -0.05) is 11.6 Å². The molecule has 19 heavy (non-hydrogen) atoms. The number of hydrogen-bond donors (Lipinski definition) is 1. The summed E-state index contributed by atoms with van der Waals surface area (Å²) in [6.07, 6.45) is 2.21. The van der Waals surface area contributed by atoms with E-state index in [4.69, 9.17) is 16.3 Å². The van der Waals surface area contributed by atoms with Gasteiger partial charge in [0, 0.05) is 23.6 Å². The topological polar surface area (TPSA) is 64.4 Å². The van der Waals surface area contributed by atoms with Gasteiger partial charge in [-0.3, -0.25) is 10.1 Å². The zero-order valence-electron chi connectivity index (χ0n) is 10.3. The quantitative estimate of drug-likeness (QED) is 0.686. The average Bonchev–Trinajstić information content (AvgIpc) is 2.38. The minimum absolute atomic E-state index is 0. The number of piperidine rings is 1. The maximum atomic E-state index is 10.9. The van der Waals surface area contributed by atoms with Crippen molar-refractivity contribution in [2.75, 3.05) is 19.7 Å². The Morgan fingerprint density at radius 1 is 1.53 bits per heavy atom. The molecule has 0 radical (unpaired) electrons. The first-order valence-corrected chi connectivity index (χ1v) is 6.32. The Kier molecular flexibility index (Phi) is 6.34. The van der Waals surface area contributed by atoms with E-state index in [1.54, 1.807) is 12.1 Å². The van der Waals surface area contributed by atoms with Crippen molar-refractivity contribution in [1.82, 2.24) is 5.32 Å². The lowest BCUT2D eigenvalue weighted by Crippen LogP contribution is -2.33. The van der Waals surface area contributed by atoms with Crippen molar-refractivity contribution in [3.8, 4) is 5.75 Å². The van der Waals surface area contributed by atoms with Gasteiger partial charge in [-0.2, -0.15) is 0 Å². The van der Waals surface area contributed by atoms with E-state index < -0.39 is 4.92 Å². The van der Waals surface area contributed by atoms with Crippen LogP contribution in [0.5, 0.6) is 5.75 Å². The molecule has 0 bridgehead atoms. The van der Waals surface area contributed by atoms with E-state index in [-0.39, 0.29) is 23.8 Å². The summed E-state index contributed by atoms with van der Waals surface area (Å²) in [5.74, 6) is 0.698. The van der Waals surface area contributed by atoms with Crippen LogP contribution < -0.4 is 10.1 Å². The van der Waals surface area contributed by atoms with Gasteiger partial charge in [0.2, 0.25) is 0 Å². The van der Waals surface area contributed by atoms with E-state index in [1.807, 2.05) is 0 Å². The van der Waals surface area contributed by atoms with E-state index in [1.165, 1.54) is 6.07 Å². The summed E-state index contributed by atoms with van der Waals surface area (Å²) in [4.78, 5) is 10.4. The highest BCUT2D eigenvalue weighted by Gasteiger charge is 2.18. The molecule has 1 aliphatic heterocycles. The zero-order valence-corrected chi connectivity index (χ0v) is 11.9. The number of nitrogens with zero attached hydrogens (tertiary/aromatic N) is 1. The second kappa shape index (κ2) is 7.53. The zero-order chi connectivity index (χ0) is 13.0. The Bertz CT molecular complexity index is 437. The summed E-state index contributed by atoms with van der Waals surface area (Å²) in [5, 5.41) is 14.5. The molecule has 0 saturated carbocycles. The van der Waals surface area contributed by atoms with Gasteiger partial charge in [0.15, 0.2) is 5.75 Å². The number of nitro groups is 1. The highest BCUT2D eigenvalue weighted by Crippen LogP contribution is 2.30. The number of nitro benzene ring substituents is 1. The first-order valence-electron chi connectivity index (χ1n) is 5.94. The van der Waals surface area contributed by atoms with Crippen LogP contribution >= 0.6 is 24.0 Å². The molecule has 1 aromatic carbocycles. The molecule has 1 aromatic rings. The number of halogens is 2. The number of rotatable bonds is 4. The maximum Gasteiger partial charge on any atom is 0.312 e. The molecule has 1 heterocycles. The SMILES string of the molecule is Cl.O=[N+]([O-])c1cc(Cl)ccc1OCC1CCCNC1. The molecule has 1 saturated heterocycles. The van der Waals surface area contributed by atoms with Crippen LogP contribution in [-0.2, 0) is 0 Å². The molecule has 1 atom stereocenters. The van der Waals surface area contributed by atoms with Crippen molar-refractivity contribution in [3.05, 3.63) is 33.3 Å². The van der Waals surface area contributed by atoms with Crippen LogP contribution in [0.4, 0.5) is 5.69 Å². The van der Waals surface area contributed by atoms with Crippen LogP contribution in [0.2, 0.25) is 5.02 Å². The van der Waals surface area contributed by atoms with Gasteiger partial charge >= 0.3 is 5.69 Å². The summed E-state index contributed by atoms with van der Waals surface area (Å²) in [6.45, 7) is 2.44. The smallest absolute Gasteiger partial charge is 0.312 e. The normalized spacial score (nSPS) is 18.5. The molecule has 1 unspecified atom stereocenters. The van der Waals surface area contributed by atoms with Crippen molar-refractivity contribution in [3.63, 3.8) is 0 Å². The third-order valence-corrected chi connectivity index (χ3v) is 3.23. The van der Waals surface area contributed by atoms with Crippen molar-refractivity contribution in [1.29, 1.82) is 0 Å². The summed E-state index contributed by atoms with van der Waals surface area (Å²) in [7, 11) is 0. The third kappa shape index (κ3) is 4.53. The van der Waals surface area contributed by atoms with Crippen LogP contribution in [0.1, 0.15) is 12.8 Å². The molecule has 1 fully saturated rings. The monoisotopic (exact) mass is 306 g/mol. The van der Waals surface area contributed by atoms with Crippen LogP contribution in [0.25, 0.3) is 0 Å². The van der Waals surface area contributed by atoms with E-state index in [0.717, 1.165) is 25.9 Å². The molecule has 0 amide bonds. The molecule has 7 heteroatoms. The van der Waals surface area contributed by atoms with Gasteiger partial charge in [-0.15, -0.1) is 12.4 Å².